The molecule has 0 aromatic heterocycles. The second-order valence-corrected chi connectivity index (χ2v) is 7.75. The number of sulfonamides is 1. The van der Waals surface area contributed by atoms with E-state index >= 15 is 0 Å². The van der Waals surface area contributed by atoms with Crippen LogP contribution in [0.1, 0.15) is 12.8 Å². The second-order valence-electron chi connectivity index (χ2n) is 5.04. The van der Waals surface area contributed by atoms with Crippen molar-refractivity contribution in [3.05, 3.63) is 16.6 Å². The molecule has 22 heavy (non-hydrogen) atoms. The number of hydrogen-bond donors (Lipinski definition) is 1. The summed E-state index contributed by atoms with van der Waals surface area (Å²) in [5, 5.41) is 9.19. The highest BCUT2D eigenvalue weighted by atomic mass is 79.9. The Balaban J connectivity index is 2.04. The molecule has 1 fully saturated rings. The fourth-order valence-electron chi connectivity index (χ4n) is 2.64. The second kappa shape index (κ2) is 5.71. The van der Waals surface area contributed by atoms with Crippen LogP contribution in [0.15, 0.2) is 21.5 Å². The van der Waals surface area contributed by atoms with Crippen LogP contribution in [0.25, 0.3) is 0 Å². The number of carbonyl (C=O) groups is 1. The molecule has 0 unspecified atom stereocenters. The van der Waals surface area contributed by atoms with E-state index in [0.717, 1.165) is 4.31 Å². The molecule has 2 aliphatic rings. The van der Waals surface area contributed by atoms with Gasteiger partial charge in [-0.1, -0.05) is 0 Å². The van der Waals surface area contributed by atoms with Gasteiger partial charge in [-0.2, -0.15) is 4.31 Å². The van der Waals surface area contributed by atoms with Gasteiger partial charge in [0.05, 0.1) is 0 Å². The summed E-state index contributed by atoms with van der Waals surface area (Å²) in [5.41, 5.74) is 0. The Morgan fingerprint density at radius 3 is 2.55 bits per heavy atom. The van der Waals surface area contributed by atoms with E-state index in [1.807, 2.05) is 0 Å². The maximum Gasteiger partial charge on any atom is 0.322 e. The third-order valence-corrected chi connectivity index (χ3v) is 6.54. The zero-order valence-corrected chi connectivity index (χ0v) is 13.9. The molecular weight excluding hydrogens is 378 g/mol. The van der Waals surface area contributed by atoms with Gasteiger partial charge in [-0.15, -0.1) is 0 Å². The SMILES string of the molecule is O=C(O)[C@H]1CCCN1S(=O)(=O)c1cc2c(cc1Br)OCCO2. The van der Waals surface area contributed by atoms with Crippen molar-refractivity contribution in [1.82, 2.24) is 4.31 Å². The van der Waals surface area contributed by atoms with Crippen molar-refractivity contribution in [2.75, 3.05) is 19.8 Å². The zero-order chi connectivity index (χ0) is 15.9. The van der Waals surface area contributed by atoms with Gasteiger partial charge in [0.2, 0.25) is 10.0 Å². The fraction of sp³-hybridized carbons (Fsp3) is 0.462. The van der Waals surface area contributed by atoms with Gasteiger partial charge < -0.3 is 14.6 Å². The largest absolute Gasteiger partial charge is 0.486 e. The van der Waals surface area contributed by atoms with Crippen LogP contribution >= 0.6 is 15.9 Å². The van der Waals surface area contributed by atoms with Crippen LogP contribution < -0.4 is 9.47 Å². The van der Waals surface area contributed by atoms with Crippen LogP contribution in [0.4, 0.5) is 0 Å². The number of carboxylic acid groups (broad SMARTS) is 1. The summed E-state index contributed by atoms with van der Waals surface area (Å²) in [6.07, 6.45) is 0.842. The molecule has 0 saturated carbocycles. The monoisotopic (exact) mass is 391 g/mol. The summed E-state index contributed by atoms with van der Waals surface area (Å²) < 4.78 is 37.7. The molecule has 0 bridgehead atoms. The minimum Gasteiger partial charge on any atom is -0.486 e. The number of carboxylic acids is 1. The molecule has 120 valence electrons. The van der Waals surface area contributed by atoms with Gasteiger partial charge in [0.1, 0.15) is 24.2 Å². The van der Waals surface area contributed by atoms with Gasteiger partial charge in [-0.05, 0) is 34.8 Å². The number of hydrogen-bond acceptors (Lipinski definition) is 5. The number of ether oxygens (including phenoxy) is 2. The lowest BCUT2D eigenvalue weighted by Gasteiger charge is -2.24. The van der Waals surface area contributed by atoms with Crippen molar-refractivity contribution in [1.29, 1.82) is 0 Å². The molecule has 0 amide bonds. The van der Waals surface area contributed by atoms with E-state index in [1.54, 1.807) is 0 Å². The van der Waals surface area contributed by atoms with E-state index in [-0.39, 0.29) is 11.4 Å². The number of halogens is 1. The smallest absolute Gasteiger partial charge is 0.322 e. The molecule has 7 nitrogen and oxygen atoms in total. The molecule has 1 saturated heterocycles. The van der Waals surface area contributed by atoms with Gasteiger partial charge in [-0.25, -0.2) is 8.42 Å². The van der Waals surface area contributed by atoms with E-state index in [2.05, 4.69) is 15.9 Å². The Labute approximate surface area is 136 Å². The van der Waals surface area contributed by atoms with Crippen LogP contribution in [-0.2, 0) is 14.8 Å². The highest BCUT2D eigenvalue weighted by Crippen LogP contribution is 2.39. The van der Waals surface area contributed by atoms with E-state index in [4.69, 9.17) is 9.47 Å². The predicted octanol–water partition coefficient (Wildman–Crippen LogP) is 1.46. The average molecular weight is 392 g/mol. The maximum absolute atomic E-state index is 12.8. The highest BCUT2D eigenvalue weighted by molar-refractivity contribution is 9.10. The number of rotatable bonds is 3. The molecule has 1 atom stereocenters. The van der Waals surface area contributed by atoms with Crippen molar-refractivity contribution in [3.63, 3.8) is 0 Å². The molecular formula is C13H14BrNO6S. The van der Waals surface area contributed by atoms with E-state index in [0.29, 0.717) is 42.0 Å². The number of fused-ring (bicyclic) bond motifs is 1. The van der Waals surface area contributed by atoms with Crippen molar-refractivity contribution in [2.24, 2.45) is 0 Å². The van der Waals surface area contributed by atoms with Crippen LogP contribution in [0.2, 0.25) is 0 Å². The first-order valence-electron chi connectivity index (χ1n) is 6.75. The number of nitrogens with zero attached hydrogens (tertiary/aromatic N) is 1. The lowest BCUT2D eigenvalue weighted by molar-refractivity contribution is -0.140. The van der Waals surface area contributed by atoms with E-state index < -0.39 is 22.0 Å². The van der Waals surface area contributed by atoms with E-state index in [1.165, 1.54) is 12.1 Å². The molecule has 2 heterocycles. The maximum atomic E-state index is 12.8. The van der Waals surface area contributed by atoms with Gasteiger partial charge in [0.15, 0.2) is 11.5 Å². The first-order chi connectivity index (χ1) is 10.4. The zero-order valence-electron chi connectivity index (χ0n) is 11.5. The molecule has 0 spiro atoms. The molecule has 0 radical (unpaired) electrons. The Morgan fingerprint density at radius 2 is 1.91 bits per heavy atom. The standard InChI is InChI=1S/C13H14BrNO6S/c14-8-6-10-11(21-5-4-20-10)7-12(8)22(18,19)15-3-1-2-9(15)13(16)17/h6-7,9H,1-5H2,(H,16,17)/t9-/m1/s1. The summed E-state index contributed by atoms with van der Waals surface area (Å²) in [5.74, 6) is -0.317. The molecule has 1 N–H and O–H groups in total. The number of aliphatic carboxylic acids is 1. The Bertz CT molecular complexity index is 719. The first kappa shape index (κ1) is 15.6. The topological polar surface area (TPSA) is 93.1 Å². The Hall–Kier alpha value is -1.32. The number of benzene rings is 1. The van der Waals surface area contributed by atoms with Gasteiger partial charge in [0.25, 0.3) is 0 Å². The highest BCUT2D eigenvalue weighted by Gasteiger charge is 2.40. The predicted molar refractivity (Wildman–Crippen MR) is 79.7 cm³/mol. The summed E-state index contributed by atoms with van der Waals surface area (Å²) in [7, 11) is -3.93. The molecule has 1 aromatic rings. The fourth-order valence-corrected chi connectivity index (χ4v) is 5.29. The quantitative estimate of drug-likeness (QED) is 0.837. The summed E-state index contributed by atoms with van der Waals surface area (Å²) in [4.78, 5) is 11.2. The minimum absolute atomic E-state index is 0.00935. The van der Waals surface area contributed by atoms with Crippen LogP contribution in [0.3, 0.4) is 0 Å². The van der Waals surface area contributed by atoms with Crippen LogP contribution in [0.5, 0.6) is 11.5 Å². The van der Waals surface area contributed by atoms with Crippen LogP contribution in [-0.4, -0.2) is 49.6 Å². The third-order valence-electron chi connectivity index (χ3n) is 3.67. The summed E-state index contributed by atoms with van der Waals surface area (Å²) in [6, 6.07) is 1.89. The molecule has 0 aliphatic carbocycles. The molecule has 2 aliphatic heterocycles. The Morgan fingerprint density at radius 1 is 1.27 bits per heavy atom. The normalized spacial score (nSPS) is 21.8. The van der Waals surface area contributed by atoms with Crippen LogP contribution in [0, 0.1) is 0 Å². The Kier molecular flexibility index (Phi) is 4.04. The third kappa shape index (κ3) is 2.57. The first-order valence-corrected chi connectivity index (χ1v) is 8.98. The lowest BCUT2D eigenvalue weighted by Crippen LogP contribution is -2.40. The van der Waals surface area contributed by atoms with Gasteiger partial charge in [0, 0.05) is 17.1 Å². The molecule has 9 heteroatoms. The van der Waals surface area contributed by atoms with Crippen molar-refractivity contribution in [3.8, 4) is 11.5 Å². The molecule has 3 rings (SSSR count). The van der Waals surface area contributed by atoms with Crippen molar-refractivity contribution >= 4 is 31.9 Å². The minimum atomic E-state index is -3.93. The average Bonchev–Trinajstić information content (AvgIpc) is 2.96. The van der Waals surface area contributed by atoms with Crippen molar-refractivity contribution in [2.45, 2.75) is 23.8 Å². The van der Waals surface area contributed by atoms with E-state index in [9.17, 15) is 18.3 Å². The van der Waals surface area contributed by atoms with Crippen molar-refractivity contribution < 1.29 is 27.8 Å². The molecule has 1 aromatic carbocycles. The van der Waals surface area contributed by atoms with Gasteiger partial charge >= 0.3 is 5.97 Å². The summed E-state index contributed by atoms with van der Waals surface area (Å²) in [6.45, 7) is 0.939. The lowest BCUT2D eigenvalue weighted by atomic mass is 10.2. The summed E-state index contributed by atoms with van der Waals surface area (Å²) >= 11 is 3.23. The van der Waals surface area contributed by atoms with Gasteiger partial charge in [-0.3, -0.25) is 4.79 Å².